The Hall–Kier alpha value is -1.72. The number of carbonyl (C=O) groups is 1. The van der Waals surface area contributed by atoms with Gasteiger partial charge in [0.1, 0.15) is 0 Å². The lowest BCUT2D eigenvalue weighted by Crippen LogP contribution is -2.37. The smallest absolute Gasteiger partial charge is 0.234 e. The summed E-state index contributed by atoms with van der Waals surface area (Å²) >= 11 is 1.66. The first kappa shape index (κ1) is 15.7. The highest BCUT2D eigenvalue weighted by molar-refractivity contribution is 7.10. The van der Waals surface area contributed by atoms with Crippen LogP contribution in [0, 0.1) is 0 Å². The van der Waals surface area contributed by atoms with Gasteiger partial charge in [-0.05, 0) is 50.0 Å². The number of pyridine rings is 1. The molecule has 0 aromatic carbocycles. The van der Waals surface area contributed by atoms with Crippen LogP contribution in [-0.2, 0) is 4.79 Å². The normalized spacial score (nSPS) is 13.9. The fourth-order valence-corrected chi connectivity index (χ4v) is 2.89. The van der Waals surface area contributed by atoms with Gasteiger partial charge in [-0.25, -0.2) is 0 Å². The van der Waals surface area contributed by atoms with Crippen molar-refractivity contribution in [2.24, 2.45) is 0 Å². The van der Waals surface area contributed by atoms with Crippen LogP contribution in [-0.4, -0.2) is 29.4 Å². The fraction of sp³-hybridized carbons (Fsp3) is 0.375. The van der Waals surface area contributed by atoms with Crippen molar-refractivity contribution >= 4 is 17.2 Å². The number of thiophene rings is 1. The van der Waals surface area contributed by atoms with E-state index in [1.165, 1.54) is 4.88 Å². The molecule has 112 valence electrons. The van der Waals surface area contributed by atoms with Gasteiger partial charge in [0.05, 0.1) is 12.6 Å². The van der Waals surface area contributed by atoms with Crippen molar-refractivity contribution in [2.75, 3.05) is 13.6 Å². The molecule has 5 heteroatoms. The Balaban J connectivity index is 1.87. The molecule has 4 nitrogen and oxygen atoms in total. The maximum atomic E-state index is 12.1. The third-order valence-corrected chi connectivity index (χ3v) is 4.65. The molecular formula is C16H21N3OS. The van der Waals surface area contributed by atoms with Gasteiger partial charge in [-0.15, -0.1) is 11.3 Å². The van der Waals surface area contributed by atoms with E-state index in [1.54, 1.807) is 23.7 Å². The molecule has 0 aliphatic carbocycles. The van der Waals surface area contributed by atoms with Gasteiger partial charge in [0.15, 0.2) is 0 Å². The van der Waals surface area contributed by atoms with Crippen molar-refractivity contribution in [1.82, 2.24) is 15.2 Å². The molecule has 0 fully saturated rings. The van der Waals surface area contributed by atoms with Crippen LogP contribution in [0.3, 0.4) is 0 Å². The molecule has 1 amide bonds. The van der Waals surface area contributed by atoms with Gasteiger partial charge in [-0.2, -0.15) is 0 Å². The van der Waals surface area contributed by atoms with E-state index in [4.69, 9.17) is 0 Å². The van der Waals surface area contributed by atoms with Gasteiger partial charge in [0.25, 0.3) is 0 Å². The number of nitrogens with one attached hydrogen (secondary N) is 1. The van der Waals surface area contributed by atoms with E-state index in [0.29, 0.717) is 6.54 Å². The van der Waals surface area contributed by atoms with Gasteiger partial charge in [-0.1, -0.05) is 6.07 Å². The summed E-state index contributed by atoms with van der Waals surface area (Å²) in [6.07, 6.45) is 3.55. The number of rotatable bonds is 6. The Morgan fingerprint density at radius 3 is 2.67 bits per heavy atom. The molecule has 0 saturated heterocycles. The van der Waals surface area contributed by atoms with Crippen LogP contribution in [0.1, 0.15) is 36.4 Å². The molecule has 0 radical (unpaired) electrons. The first-order valence-corrected chi connectivity index (χ1v) is 7.89. The number of amides is 1. The summed E-state index contributed by atoms with van der Waals surface area (Å²) in [7, 11) is 1.96. The quantitative estimate of drug-likeness (QED) is 0.892. The zero-order valence-electron chi connectivity index (χ0n) is 12.6. The van der Waals surface area contributed by atoms with Crippen LogP contribution < -0.4 is 5.32 Å². The minimum Gasteiger partial charge on any atom is -0.348 e. The second-order valence-corrected chi connectivity index (χ2v) is 6.16. The largest absolute Gasteiger partial charge is 0.348 e. The number of likely N-dealkylation sites (N-methyl/N-ethyl adjacent to an activating group) is 1. The monoisotopic (exact) mass is 303 g/mol. The highest BCUT2D eigenvalue weighted by Gasteiger charge is 2.16. The van der Waals surface area contributed by atoms with Crippen molar-refractivity contribution in [1.29, 1.82) is 0 Å². The lowest BCUT2D eigenvalue weighted by atomic mass is 10.1. The molecule has 0 aliphatic rings. The number of hydrogen-bond donors (Lipinski definition) is 1. The Labute approximate surface area is 129 Å². The molecule has 0 saturated carbocycles. The van der Waals surface area contributed by atoms with Crippen molar-refractivity contribution in [2.45, 2.75) is 25.9 Å². The fourth-order valence-electron chi connectivity index (χ4n) is 2.16. The van der Waals surface area contributed by atoms with Gasteiger partial charge < -0.3 is 5.32 Å². The third-order valence-electron chi connectivity index (χ3n) is 3.59. The summed E-state index contributed by atoms with van der Waals surface area (Å²) in [5.41, 5.74) is 1.16. The summed E-state index contributed by atoms with van der Waals surface area (Å²) in [6, 6.07) is 8.23. The first-order chi connectivity index (χ1) is 10.1. The van der Waals surface area contributed by atoms with E-state index in [-0.39, 0.29) is 18.0 Å². The summed E-state index contributed by atoms with van der Waals surface area (Å²) in [5.74, 6) is 0.0410. The molecule has 2 rings (SSSR count). The van der Waals surface area contributed by atoms with E-state index in [2.05, 4.69) is 17.2 Å². The molecule has 2 aromatic rings. The second-order valence-electron chi connectivity index (χ2n) is 5.18. The average Bonchev–Trinajstić information content (AvgIpc) is 3.01. The lowest BCUT2D eigenvalue weighted by Gasteiger charge is -2.25. The summed E-state index contributed by atoms with van der Waals surface area (Å²) in [6.45, 7) is 4.47. The van der Waals surface area contributed by atoms with E-state index < -0.39 is 0 Å². The molecule has 0 spiro atoms. The minimum atomic E-state index is 0.0410. The first-order valence-electron chi connectivity index (χ1n) is 7.01. The van der Waals surface area contributed by atoms with Crippen LogP contribution in [0.4, 0.5) is 0 Å². The van der Waals surface area contributed by atoms with E-state index in [9.17, 15) is 4.79 Å². The molecular weight excluding hydrogens is 282 g/mol. The maximum absolute atomic E-state index is 12.1. The standard InChI is InChI=1S/C16H21N3OS/c1-12(15-5-4-10-21-15)18-16(20)11-19(3)13(2)14-6-8-17-9-7-14/h4-10,12-13H,11H2,1-3H3,(H,18,20)/t12-,13-/m0/s1. The number of nitrogens with zero attached hydrogens (tertiary/aromatic N) is 2. The van der Waals surface area contributed by atoms with Crippen molar-refractivity contribution in [3.63, 3.8) is 0 Å². The topological polar surface area (TPSA) is 45.2 Å². The average molecular weight is 303 g/mol. The molecule has 1 N–H and O–H groups in total. The van der Waals surface area contributed by atoms with Gasteiger partial charge in [0.2, 0.25) is 5.91 Å². The highest BCUT2D eigenvalue weighted by Crippen LogP contribution is 2.19. The van der Waals surface area contributed by atoms with Crippen molar-refractivity contribution in [3.8, 4) is 0 Å². The molecule has 0 bridgehead atoms. The molecule has 0 unspecified atom stereocenters. The maximum Gasteiger partial charge on any atom is 0.234 e. The zero-order chi connectivity index (χ0) is 15.2. The van der Waals surface area contributed by atoms with Crippen molar-refractivity contribution < 1.29 is 4.79 Å². The lowest BCUT2D eigenvalue weighted by molar-refractivity contribution is -0.123. The molecule has 21 heavy (non-hydrogen) atoms. The SMILES string of the molecule is C[C@H](NC(=O)CN(C)[C@@H](C)c1ccncc1)c1cccs1. The van der Waals surface area contributed by atoms with Crippen LogP contribution >= 0.6 is 11.3 Å². The number of aromatic nitrogens is 1. The van der Waals surface area contributed by atoms with E-state index in [0.717, 1.165) is 5.56 Å². The molecule has 0 aliphatic heterocycles. The second kappa shape index (κ2) is 7.33. The Morgan fingerprint density at radius 1 is 1.33 bits per heavy atom. The number of carbonyl (C=O) groups excluding carboxylic acids is 1. The molecule has 2 aromatic heterocycles. The highest BCUT2D eigenvalue weighted by atomic mass is 32.1. The van der Waals surface area contributed by atoms with Crippen LogP contribution in [0.2, 0.25) is 0 Å². The van der Waals surface area contributed by atoms with Gasteiger partial charge >= 0.3 is 0 Å². The molecule has 2 atom stereocenters. The Morgan fingerprint density at radius 2 is 2.05 bits per heavy atom. The third kappa shape index (κ3) is 4.37. The van der Waals surface area contributed by atoms with Crippen LogP contribution in [0.5, 0.6) is 0 Å². The zero-order valence-corrected chi connectivity index (χ0v) is 13.4. The Kier molecular flexibility index (Phi) is 5.47. The predicted octanol–water partition coefficient (Wildman–Crippen LogP) is 3.01. The number of hydrogen-bond acceptors (Lipinski definition) is 4. The summed E-state index contributed by atoms with van der Waals surface area (Å²) in [5, 5.41) is 5.06. The van der Waals surface area contributed by atoms with Gasteiger partial charge in [0, 0.05) is 23.3 Å². The van der Waals surface area contributed by atoms with Crippen LogP contribution in [0.25, 0.3) is 0 Å². The summed E-state index contributed by atoms with van der Waals surface area (Å²) in [4.78, 5) is 19.4. The molecule has 2 heterocycles. The van der Waals surface area contributed by atoms with Gasteiger partial charge in [-0.3, -0.25) is 14.7 Å². The van der Waals surface area contributed by atoms with E-state index in [1.807, 2.05) is 48.5 Å². The summed E-state index contributed by atoms with van der Waals surface area (Å²) < 4.78 is 0. The minimum absolute atomic E-state index is 0.0410. The predicted molar refractivity (Wildman–Crippen MR) is 86.2 cm³/mol. The van der Waals surface area contributed by atoms with E-state index >= 15 is 0 Å². The Bertz CT molecular complexity index is 556. The van der Waals surface area contributed by atoms with Crippen molar-refractivity contribution in [3.05, 3.63) is 52.5 Å². The van der Waals surface area contributed by atoms with Crippen LogP contribution in [0.15, 0.2) is 42.0 Å².